The fourth-order valence-corrected chi connectivity index (χ4v) is 2.71. The first-order valence-corrected chi connectivity index (χ1v) is 6.96. The summed E-state index contributed by atoms with van der Waals surface area (Å²) in [5.41, 5.74) is 1.94. The summed E-state index contributed by atoms with van der Waals surface area (Å²) < 4.78 is 7.56. The van der Waals surface area contributed by atoms with E-state index in [1.807, 2.05) is 42.9 Å². The summed E-state index contributed by atoms with van der Waals surface area (Å²) in [5.74, 6) is 1.37. The van der Waals surface area contributed by atoms with Crippen LogP contribution in [-0.4, -0.2) is 17.0 Å². The van der Waals surface area contributed by atoms with Crippen LogP contribution >= 0.6 is 0 Å². The molecule has 0 bridgehead atoms. The van der Waals surface area contributed by atoms with Gasteiger partial charge in [0.05, 0.1) is 6.61 Å². The molecule has 0 atom stereocenters. The molecule has 3 heteroatoms. The minimum absolute atomic E-state index is 0.237. The highest BCUT2D eigenvalue weighted by molar-refractivity contribution is 6.09. The number of ether oxygens (including phenoxy) is 1. The molecule has 1 fully saturated rings. The molecule has 0 N–H and O–H groups in total. The first kappa shape index (κ1) is 12.3. The molecule has 3 nitrogen and oxygen atoms in total. The molecule has 2 aromatic rings. The van der Waals surface area contributed by atoms with Crippen molar-refractivity contribution < 1.29 is 9.53 Å². The van der Waals surface area contributed by atoms with Crippen LogP contribution in [0.4, 0.5) is 0 Å². The lowest BCUT2D eigenvalue weighted by Crippen LogP contribution is -2.21. The third kappa shape index (κ3) is 2.03. The number of fused-ring (bicyclic) bond motifs is 1. The maximum Gasteiger partial charge on any atom is 0.168 e. The van der Waals surface area contributed by atoms with Gasteiger partial charge in [-0.2, -0.15) is 0 Å². The van der Waals surface area contributed by atoms with Gasteiger partial charge in [0, 0.05) is 35.6 Å². The maximum absolute atomic E-state index is 12.5. The highest BCUT2D eigenvalue weighted by atomic mass is 16.5. The number of hydrogen-bond acceptors (Lipinski definition) is 2. The van der Waals surface area contributed by atoms with Crippen LogP contribution in [0.5, 0.6) is 5.75 Å². The van der Waals surface area contributed by atoms with Crippen LogP contribution in [0.15, 0.2) is 24.4 Å². The molecule has 0 spiro atoms. The first-order chi connectivity index (χ1) is 9.20. The van der Waals surface area contributed by atoms with E-state index < -0.39 is 0 Å². The third-order valence-corrected chi connectivity index (χ3v) is 4.01. The first-order valence-electron chi connectivity index (χ1n) is 6.96. The SMILES string of the molecule is CCOc1ccc2c(c1)c(C(=O)C1CCC1)cn2C. The van der Waals surface area contributed by atoms with Gasteiger partial charge in [0.25, 0.3) is 0 Å². The van der Waals surface area contributed by atoms with E-state index in [-0.39, 0.29) is 5.92 Å². The second-order valence-corrected chi connectivity index (χ2v) is 5.26. The molecule has 1 saturated carbocycles. The lowest BCUT2D eigenvalue weighted by atomic mass is 9.80. The van der Waals surface area contributed by atoms with Crippen molar-refractivity contribution in [2.45, 2.75) is 26.2 Å². The highest BCUT2D eigenvalue weighted by Gasteiger charge is 2.28. The van der Waals surface area contributed by atoms with Crippen LogP contribution in [-0.2, 0) is 7.05 Å². The molecule has 19 heavy (non-hydrogen) atoms. The Kier molecular flexibility index (Phi) is 3.05. The highest BCUT2D eigenvalue weighted by Crippen LogP contribution is 2.33. The van der Waals surface area contributed by atoms with Crippen LogP contribution < -0.4 is 4.74 Å². The number of carbonyl (C=O) groups excluding carboxylic acids is 1. The van der Waals surface area contributed by atoms with Gasteiger partial charge in [0.2, 0.25) is 0 Å². The number of aryl methyl sites for hydroxylation is 1. The molecule has 100 valence electrons. The molecule has 0 amide bonds. The quantitative estimate of drug-likeness (QED) is 0.784. The number of hydrogen-bond donors (Lipinski definition) is 0. The summed E-state index contributed by atoms with van der Waals surface area (Å²) in [6.07, 6.45) is 5.23. The summed E-state index contributed by atoms with van der Waals surface area (Å²) in [5, 5.41) is 1.02. The smallest absolute Gasteiger partial charge is 0.168 e. The Balaban J connectivity index is 2.07. The largest absolute Gasteiger partial charge is 0.494 e. The Hall–Kier alpha value is -1.77. The van der Waals surface area contributed by atoms with Crippen molar-refractivity contribution in [1.82, 2.24) is 4.57 Å². The lowest BCUT2D eigenvalue weighted by molar-refractivity contribution is 0.0857. The molecular weight excluding hydrogens is 238 g/mol. The molecule has 1 aliphatic carbocycles. The van der Waals surface area contributed by atoms with Crippen molar-refractivity contribution in [3.05, 3.63) is 30.0 Å². The average Bonchev–Trinajstić information content (AvgIpc) is 2.65. The molecule has 1 aromatic heterocycles. The monoisotopic (exact) mass is 257 g/mol. The van der Waals surface area contributed by atoms with Crippen molar-refractivity contribution in [1.29, 1.82) is 0 Å². The van der Waals surface area contributed by atoms with Gasteiger partial charge in [0.15, 0.2) is 5.78 Å². The van der Waals surface area contributed by atoms with Crippen LogP contribution in [0.3, 0.4) is 0 Å². The Labute approximate surface area is 113 Å². The maximum atomic E-state index is 12.5. The van der Waals surface area contributed by atoms with Gasteiger partial charge in [0.1, 0.15) is 5.75 Å². The number of rotatable bonds is 4. The fraction of sp³-hybridized carbons (Fsp3) is 0.438. The van der Waals surface area contributed by atoms with E-state index in [1.165, 1.54) is 6.42 Å². The number of Topliss-reactive ketones (excluding diaryl/α,β-unsaturated/α-hetero) is 1. The van der Waals surface area contributed by atoms with E-state index in [4.69, 9.17) is 4.74 Å². The van der Waals surface area contributed by atoms with E-state index in [0.29, 0.717) is 12.4 Å². The molecule has 0 aliphatic heterocycles. The number of nitrogens with zero attached hydrogens (tertiary/aromatic N) is 1. The number of carbonyl (C=O) groups is 1. The van der Waals surface area contributed by atoms with Crippen molar-refractivity contribution >= 4 is 16.7 Å². The molecule has 0 unspecified atom stereocenters. The van der Waals surface area contributed by atoms with Gasteiger partial charge < -0.3 is 9.30 Å². The normalized spacial score (nSPS) is 15.5. The second kappa shape index (κ2) is 4.72. The molecule has 1 aromatic carbocycles. The zero-order valence-electron chi connectivity index (χ0n) is 11.5. The predicted octanol–water partition coefficient (Wildman–Crippen LogP) is 3.56. The molecular formula is C16H19NO2. The van der Waals surface area contributed by atoms with Crippen LogP contribution in [0.25, 0.3) is 10.9 Å². The van der Waals surface area contributed by atoms with Crippen LogP contribution in [0.1, 0.15) is 36.5 Å². The Morgan fingerprint density at radius 2 is 2.21 bits per heavy atom. The zero-order valence-corrected chi connectivity index (χ0v) is 11.5. The van der Waals surface area contributed by atoms with Gasteiger partial charge in [-0.25, -0.2) is 0 Å². The van der Waals surface area contributed by atoms with E-state index in [0.717, 1.165) is 35.1 Å². The van der Waals surface area contributed by atoms with E-state index in [2.05, 4.69) is 0 Å². The summed E-state index contributed by atoms with van der Waals surface area (Å²) in [4.78, 5) is 12.5. The number of ketones is 1. The summed E-state index contributed by atoms with van der Waals surface area (Å²) in [7, 11) is 1.99. The Morgan fingerprint density at radius 1 is 1.42 bits per heavy atom. The number of aromatic nitrogens is 1. The third-order valence-electron chi connectivity index (χ3n) is 4.01. The van der Waals surface area contributed by atoms with Gasteiger partial charge in [-0.15, -0.1) is 0 Å². The Morgan fingerprint density at radius 3 is 2.84 bits per heavy atom. The average molecular weight is 257 g/mol. The molecule has 3 rings (SSSR count). The van der Waals surface area contributed by atoms with E-state index in [1.54, 1.807) is 0 Å². The van der Waals surface area contributed by atoms with Crippen LogP contribution in [0.2, 0.25) is 0 Å². The topological polar surface area (TPSA) is 31.2 Å². The summed E-state index contributed by atoms with van der Waals surface area (Å²) in [6.45, 7) is 2.61. The minimum Gasteiger partial charge on any atom is -0.494 e. The van der Waals surface area contributed by atoms with E-state index >= 15 is 0 Å². The van der Waals surface area contributed by atoms with Gasteiger partial charge in [-0.05, 0) is 38.0 Å². The molecule has 1 aliphatic rings. The van der Waals surface area contributed by atoms with Crippen molar-refractivity contribution in [2.75, 3.05) is 6.61 Å². The molecule has 0 radical (unpaired) electrons. The van der Waals surface area contributed by atoms with Crippen molar-refractivity contribution in [3.63, 3.8) is 0 Å². The summed E-state index contributed by atoms with van der Waals surface area (Å²) in [6, 6.07) is 5.98. The summed E-state index contributed by atoms with van der Waals surface area (Å²) >= 11 is 0. The second-order valence-electron chi connectivity index (χ2n) is 5.26. The fourth-order valence-electron chi connectivity index (χ4n) is 2.71. The lowest BCUT2D eigenvalue weighted by Gasteiger charge is -2.23. The van der Waals surface area contributed by atoms with Gasteiger partial charge in [-0.1, -0.05) is 6.42 Å². The predicted molar refractivity (Wildman–Crippen MR) is 75.8 cm³/mol. The minimum atomic E-state index is 0.237. The zero-order chi connectivity index (χ0) is 13.4. The van der Waals surface area contributed by atoms with Crippen molar-refractivity contribution in [2.24, 2.45) is 13.0 Å². The van der Waals surface area contributed by atoms with Crippen LogP contribution in [0, 0.1) is 5.92 Å². The van der Waals surface area contributed by atoms with Gasteiger partial charge in [-0.3, -0.25) is 4.79 Å². The standard InChI is InChI=1S/C16H19NO2/c1-3-19-12-7-8-15-13(9-12)14(10-17(15)2)16(18)11-5-4-6-11/h7-11H,3-6H2,1-2H3. The molecule has 1 heterocycles. The number of benzene rings is 1. The van der Waals surface area contributed by atoms with Gasteiger partial charge >= 0.3 is 0 Å². The molecule has 0 saturated heterocycles. The Bertz CT molecular complexity index is 623. The van der Waals surface area contributed by atoms with Crippen molar-refractivity contribution in [3.8, 4) is 5.75 Å². The van der Waals surface area contributed by atoms with E-state index in [9.17, 15) is 4.79 Å².